The minimum Gasteiger partial charge on any atom is -0.352 e. The zero-order chi connectivity index (χ0) is 16.4. The van der Waals surface area contributed by atoms with Crippen LogP contribution in [0.1, 0.15) is 23.7 Å². The SMILES string of the molecule is CCCNC(=O)c1cccc(NC2=N[C@@H]3CS(=O)(=O)C[C@@H]3S2)c1. The summed E-state index contributed by atoms with van der Waals surface area (Å²) in [6.45, 7) is 2.65. The van der Waals surface area contributed by atoms with Crippen LogP contribution in [0.3, 0.4) is 0 Å². The fraction of sp³-hybridized carbons (Fsp3) is 0.467. The summed E-state index contributed by atoms with van der Waals surface area (Å²) in [4.78, 5) is 16.4. The molecule has 0 unspecified atom stereocenters. The van der Waals surface area contributed by atoms with E-state index in [1.807, 2.05) is 19.1 Å². The number of nitrogens with one attached hydrogen (secondary N) is 2. The molecule has 8 heteroatoms. The van der Waals surface area contributed by atoms with E-state index in [0.717, 1.165) is 17.3 Å². The maximum Gasteiger partial charge on any atom is 0.251 e. The maximum absolute atomic E-state index is 12.0. The molecule has 2 heterocycles. The second-order valence-corrected chi connectivity index (χ2v) is 9.08. The van der Waals surface area contributed by atoms with Crippen LogP contribution in [-0.2, 0) is 9.84 Å². The van der Waals surface area contributed by atoms with Crippen LogP contribution >= 0.6 is 11.8 Å². The van der Waals surface area contributed by atoms with E-state index in [0.29, 0.717) is 12.1 Å². The number of amides is 1. The summed E-state index contributed by atoms with van der Waals surface area (Å²) in [7, 11) is -2.94. The fourth-order valence-electron chi connectivity index (χ4n) is 2.62. The van der Waals surface area contributed by atoms with Gasteiger partial charge in [-0.1, -0.05) is 24.8 Å². The monoisotopic (exact) mass is 353 g/mol. The van der Waals surface area contributed by atoms with Crippen molar-refractivity contribution in [2.45, 2.75) is 24.6 Å². The van der Waals surface area contributed by atoms with Crippen molar-refractivity contribution < 1.29 is 13.2 Å². The minimum absolute atomic E-state index is 0.0125. The van der Waals surface area contributed by atoms with E-state index >= 15 is 0 Å². The van der Waals surface area contributed by atoms with Crippen LogP contribution in [0.2, 0.25) is 0 Å². The zero-order valence-electron chi connectivity index (χ0n) is 12.8. The van der Waals surface area contributed by atoms with Gasteiger partial charge < -0.3 is 10.6 Å². The number of fused-ring (bicyclic) bond motifs is 1. The van der Waals surface area contributed by atoms with Gasteiger partial charge in [-0.05, 0) is 24.6 Å². The Hall–Kier alpha value is -1.54. The molecule has 1 amide bonds. The summed E-state index contributed by atoms with van der Waals surface area (Å²) < 4.78 is 23.1. The Kier molecular flexibility index (Phi) is 4.63. The van der Waals surface area contributed by atoms with Crippen molar-refractivity contribution in [2.24, 2.45) is 4.99 Å². The molecule has 3 rings (SSSR count). The number of carbonyl (C=O) groups is 1. The predicted molar refractivity (Wildman–Crippen MR) is 93.9 cm³/mol. The summed E-state index contributed by atoms with van der Waals surface area (Å²) >= 11 is 1.47. The number of sulfone groups is 1. The number of aliphatic imine (C=N–C) groups is 1. The topological polar surface area (TPSA) is 87.6 Å². The smallest absolute Gasteiger partial charge is 0.251 e. The largest absolute Gasteiger partial charge is 0.352 e. The molecule has 1 fully saturated rings. The molecular weight excluding hydrogens is 334 g/mol. The lowest BCUT2D eigenvalue weighted by Gasteiger charge is -2.09. The average molecular weight is 353 g/mol. The molecule has 0 aromatic heterocycles. The predicted octanol–water partition coefficient (Wildman–Crippen LogP) is 1.51. The highest BCUT2D eigenvalue weighted by atomic mass is 32.2. The Balaban J connectivity index is 1.66. The third-order valence-electron chi connectivity index (χ3n) is 3.73. The zero-order valence-corrected chi connectivity index (χ0v) is 14.4. The number of anilines is 1. The molecule has 1 saturated heterocycles. The lowest BCUT2D eigenvalue weighted by atomic mass is 10.2. The van der Waals surface area contributed by atoms with Crippen molar-refractivity contribution in [3.63, 3.8) is 0 Å². The summed E-state index contributed by atoms with van der Waals surface area (Å²) in [5, 5.41) is 6.76. The van der Waals surface area contributed by atoms with Gasteiger partial charge in [0.05, 0.1) is 17.5 Å². The van der Waals surface area contributed by atoms with Crippen LogP contribution in [0.4, 0.5) is 5.69 Å². The highest BCUT2D eigenvalue weighted by Gasteiger charge is 2.42. The number of benzene rings is 1. The molecule has 2 aliphatic heterocycles. The molecule has 23 heavy (non-hydrogen) atoms. The summed E-state index contributed by atoms with van der Waals surface area (Å²) in [5.41, 5.74) is 1.37. The number of hydrogen-bond acceptors (Lipinski definition) is 6. The molecule has 1 aromatic carbocycles. The first-order valence-corrected chi connectivity index (χ1v) is 10.3. The van der Waals surface area contributed by atoms with E-state index in [2.05, 4.69) is 15.6 Å². The standard InChI is InChI=1S/C15H19N3O3S2/c1-2-6-16-14(19)10-4-3-5-11(7-10)17-15-18-12-8-23(20,21)9-13(12)22-15/h3-5,7,12-13H,2,6,8-9H2,1H3,(H,16,19)(H,17,18)/t12-,13+/m1/s1. The highest BCUT2D eigenvalue weighted by Crippen LogP contribution is 2.34. The van der Waals surface area contributed by atoms with Gasteiger partial charge in [0.15, 0.2) is 15.0 Å². The normalized spacial score (nSPS) is 24.8. The van der Waals surface area contributed by atoms with Crippen LogP contribution in [0.15, 0.2) is 29.3 Å². The van der Waals surface area contributed by atoms with Gasteiger partial charge in [0.2, 0.25) is 0 Å². The second kappa shape index (κ2) is 6.52. The van der Waals surface area contributed by atoms with Crippen molar-refractivity contribution in [1.29, 1.82) is 0 Å². The molecule has 2 aliphatic rings. The Morgan fingerprint density at radius 1 is 1.39 bits per heavy atom. The third-order valence-corrected chi connectivity index (χ3v) is 6.87. The van der Waals surface area contributed by atoms with Gasteiger partial charge in [-0.15, -0.1) is 0 Å². The molecule has 0 bridgehead atoms. The first-order valence-electron chi connectivity index (χ1n) is 7.57. The summed E-state index contributed by atoms with van der Waals surface area (Å²) in [6.07, 6.45) is 0.892. The number of amidine groups is 1. The van der Waals surface area contributed by atoms with Crippen LogP contribution in [-0.4, -0.2) is 48.8 Å². The molecule has 2 N–H and O–H groups in total. The van der Waals surface area contributed by atoms with Gasteiger partial charge in [-0.2, -0.15) is 0 Å². The Labute approximate surface area is 140 Å². The van der Waals surface area contributed by atoms with Crippen LogP contribution in [0.5, 0.6) is 0 Å². The van der Waals surface area contributed by atoms with Crippen molar-refractivity contribution in [1.82, 2.24) is 5.32 Å². The molecule has 6 nitrogen and oxygen atoms in total. The quantitative estimate of drug-likeness (QED) is 0.857. The molecule has 124 valence electrons. The van der Waals surface area contributed by atoms with Crippen LogP contribution in [0, 0.1) is 0 Å². The average Bonchev–Trinajstić information content (AvgIpc) is 2.97. The van der Waals surface area contributed by atoms with Gasteiger partial charge in [0.25, 0.3) is 5.91 Å². The van der Waals surface area contributed by atoms with E-state index in [-0.39, 0.29) is 28.7 Å². The number of hydrogen-bond donors (Lipinski definition) is 2. The lowest BCUT2D eigenvalue weighted by molar-refractivity contribution is 0.0953. The van der Waals surface area contributed by atoms with Crippen molar-refractivity contribution in [3.8, 4) is 0 Å². The van der Waals surface area contributed by atoms with Crippen molar-refractivity contribution in [2.75, 3.05) is 23.4 Å². The maximum atomic E-state index is 12.0. The van der Waals surface area contributed by atoms with Crippen LogP contribution < -0.4 is 10.6 Å². The van der Waals surface area contributed by atoms with Crippen LogP contribution in [0.25, 0.3) is 0 Å². The number of nitrogens with zero attached hydrogens (tertiary/aromatic N) is 1. The van der Waals surface area contributed by atoms with E-state index in [9.17, 15) is 13.2 Å². The third kappa shape index (κ3) is 3.87. The first kappa shape index (κ1) is 16.3. The Morgan fingerprint density at radius 3 is 2.96 bits per heavy atom. The lowest BCUT2D eigenvalue weighted by Crippen LogP contribution is -2.24. The number of thioether (sulfide) groups is 1. The first-order chi connectivity index (χ1) is 11.0. The molecule has 0 spiro atoms. The van der Waals surface area contributed by atoms with Crippen molar-refractivity contribution >= 4 is 38.4 Å². The van der Waals surface area contributed by atoms with Crippen molar-refractivity contribution in [3.05, 3.63) is 29.8 Å². The fourth-order valence-corrected chi connectivity index (χ4v) is 6.29. The molecule has 0 aliphatic carbocycles. The molecule has 2 atom stereocenters. The number of rotatable bonds is 4. The van der Waals surface area contributed by atoms with E-state index in [4.69, 9.17) is 0 Å². The van der Waals surface area contributed by atoms with Gasteiger partial charge in [0.1, 0.15) is 0 Å². The van der Waals surface area contributed by atoms with E-state index in [1.165, 1.54) is 11.8 Å². The van der Waals surface area contributed by atoms with Gasteiger partial charge in [-0.25, -0.2) is 8.42 Å². The molecule has 0 radical (unpaired) electrons. The number of carbonyl (C=O) groups excluding carboxylic acids is 1. The van der Waals surface area contributed by atoms with E-state index in [1.54, 1.807) is 12.1 Å². The molecule has 0 saturated carbocycles. The summed E-state index contributed by atoms with van der Waals surface area (Å²) in [6, 6.07) is 7.07. The van der Waals surface area contributed by atoms with Gasteiger partial charge >= 0.3 is 0 Å². The highest BCUT2D eigenvalue weighted by molar-refractivity contribution is 8.15. The van der Waals surface area contributed by atoms with Gasteiger partial charge in [-0.3, -0.25) is 9.79 Å². The second-order valence-electron chi connectivity index (χ2n) is 5.70. The molecule has 1 aromatic rings. The van der Waals surface area contributed by atoms with E-state index < -0.39 is 9.84 Å². The Bertz CT molecular complexity index is 746. The Morgan fingerprint density at radius 2 is 2.22 bits per heavy atom. The minimum atomic E-state index is -2.94. The summed E-state index contributed by atoms with van der Waals surface area (Å²) in [5.74, 6) is 0.227. The molecular formula is C15H19N3O3S2. The van der Waals surface area contributed by atoms with Gasteiger partial charge in [0, 0.05) is 23.0 Å².